The molecule has 0 radical (unpaired) electrons. The number of aliphatic imine (C=N–C) groups is 1. The molecule has 202 valence electrons. The molecule has 1 aromatic carbocycles. The standard InChI is InChI=1S/C28H30Cl2FN3O3S/c1-14(2)22-23(25(35)33-15(3)5-12-21(33)26(36)37)38-27-32-28(4,17-7-9-18(29)10-8-17)24(34(22)27)16-6-11-19(30)20(31)13-16/h7-10,13-15,21,24H,5-6,11-12H2,1-4H3,(H,36,37)/t15-,21+,24-,28+/m1/s1. The molecule has 38 heavy (non-hydrogen) atoms. The van der Waals surface area contributed by atoms with Crippen LogP contribution in [0.2, 0.25) is 5.02 Å². The Balaban J connectivity index is 1.64. The number of likely N-dealkylation sites (tertiary alicyclic amines) is 1. The minimum atomic E-state index is -0.991. The quantitative estimate of drug-likeness (QED) is 0.416. The fraction of sp³-hybridized carbons (Fsp3) is 0.464. The number of fused-ring (bicyclic) bond motifs is 1. The smallest absolute Gasteiger partial charge is 0.326 e. The highest BCUT2D eigenvalue weighted by atomic mass is 35.5. The third-order valence-corrected chi connectivity index (χ3v) is 9.60. The summed E-state index contributed by atoms with van der Waals surface area (Å²) >= 11 is 13.6. The molecule has 10 heteroatoms. The first kappa shape index (κ1) is 27.3. The Kier molecular flexibility index (Phi) is 7.20. The van der Waals surface area contributed by atoms with Gasteiger partial charge in [-0.05, 0) is 86.6 Å². The topological polar surface area (TPSA) is 73.2 Å². The highest BCUT2D eigenvalue weighted by molar-refractivity contribution is 8.18. The second kappa shape index (κ2) is 10.0. The van der Waals surface area contributed by atoms with Gasteiger partial charge in [-0.15, -0.1) is 0 Å². The summed E-state index contributed by atoms with van der Waals surface area (Å²) in [6.07, 6.45) is 3.52. The molecule has 1 fully saturated rings. The first-order valence-electron chi connectivity index (χ1n) is 12.8. The lowest BCUT2D eigenvalue weighted by Gasteiger charge is -2.39. The van der Waals surface area contributed by atoms with Gasteiger partial charge in [-0.1, -0.05) is 49.2 Å². The number of amides is 1. The number of benzene rings is 1. The van der Waals surface area contributed by atoms with E-state index in [2.05, 4.69) is 4.90 Å². The number of allylic oxidation sites excluding steroid dienone is 4. The summed E-state index contributed by atoms with van der Waals surface area (Å²) < 4.78 is 14.8. The maximum absolute atomic E-state index is 14.8. The minimum absolute atomic E-state index is 0.0708. The summed E-state index contributed by atoms with van der Waals surface area (Å²) in [4.78, 5) is 35.1. The van der Waals surface area contributed by atoms with Crippen LogP contribution in [0, 0.1) is 5.92 Å². The van der Waals surface area contributed by atoms with Crippen molar-refractivity contribution in [1.29, 1.82) is 0 Å². The first-order chi connectivity index (χ1) is 17.9. The number of hydrogen-bond donors (Lipinski definition) is 1. The number of carboxylic acids is 1. The highest BCUT2D eigenvalue weighted by Gasteiger charge is 2.55. The molecule has 1 N–H and O–H groups in total. The van der Waals surface area contributed by atoms with Crippen molar-refractivity contribution in [2.75, 3.05) is 0 Å². The number of carboxylic acid groups (broad SMARTS) is 1. The largest absolute Gasteiger partial charge is 0.480 e. The van der Waals surface area contributed by atoms with E-state index in [1.165, 1.54) is 22.7 Å². The zero-order valence-electron chi connectivity index (χ0n) is 21.7. The van der Waals surface area contributed by atoms with E-state index >= 15 is 0 Å². The number of halogens is 3. The van der Waals surface area contributed by atoms with Crippen molar-refractivity contribution in [2.24, 2.45) is 10.9 Å². The summed E-state index contributed by atoms with van der Waals surface area (Å²) in [5.41, 5.74) is 1.77. The van der Waals surface area contributed by atoms with Crippen LogP contribution in [-0.4, -0.2) is 50.1 Å². The van der Waals surface area contributed by atoms with E-state index in [1.807, 2.05) is 52.0 Å². The van der Waals surface area contributed by atoms with Crippen molar-refractivity contribution in [3.8, 4) is 0 Å². The van der Waals surface area contributed by atoms with E-state index in [-0.39, 0.29) is 22.9 Å². The summed E-state index contributed by atoms with van der Waals surface area (Å²) in [5.74, 6) is -1.80. The van der Waals surface area contributed by atoms with Crippen LogP contribution in [-0.2, 0) is 15.1 Å². The number of carbonyl (C=O) groups is 2. The van der Waals surface area contributed by atoms with E-state index in [1.54, 1.807) is 0 Å². The average Bonchev–Trinajstić information content (AvgIpc) is 3.50. The third-order valence-electron chi connectivity index (χ3n) is 7.92. The van der Waals surface area contributed by atoms with Crippen molar-refractivity contribution in [2.45, 2.75) is 77.0 Å². The van der Waals surface area contributed by atoms with Crippen LogP contribution in [0.4, 0.5) is 4.39 Å². The van der Waals surface area contributed by atoms with Gasteiger partial charge in [-0.25, -0.2) is 14.2 Å². The Labute approximate surface area is 236 Å². The monoisotopic (exact) mass is 577 g/mol. The van der Waals surface area contributed by atoms with Gasteiger partial charge < -0.3 is 14.9 Å². The second-order valence-electron chi connectivity index (χ2n) is 10.8. The van der Waals surface area contributed by atoms with Gasteiger partial charge in [0.05, 0.1) is 11.1 Å². The molecule has 0 unspecified atom stereocenters. The molecule has 4 atom stereocenters. The van der Waals surface area contributed by atoms with E-state index in [0.29, 0.717) is 40.8 Å². The Bertz CT molecular complexity index is 1320. The van der Waals surface area contributed by atoms with Gasteiger partial charge in [0.2, 0.25) is 0 Å². The van der Waals surface area contributed by atoms with Crippen molar-refractivity contribution in [3.63, 3.8) is 0 Å². The van der Waals surface area contributed by atoms with Gasteiger partial charge in [0.25, 0.3) is 5.91 Å². The van der Waals surface area contributed by atoms with Crippen LogP contribution in [0.1, 0.15) is 58.9 Å². The fourth-order valence-electron chi connectivity index (χ4n) is 6.06. The number of aliphatic carboxylic acids is 1. The lowest BCUT2D eigenvalue weighted by atomic mass is 9.78. The molecule has 1 aliphatic carbocycles. The number of amidine groups is 1. The Hall–Kier alpha value is -2.29. The maximum Gasteiger partial charge on any atom is 0.326 e. The number of carbonyl (C=O) groups excluding carboxylic acids is 1. The van der Waals surface area contributed by atoms with E-state index in [0.717, 1.165) is 16.8 Å². The van der Waals surface area contributed by atoms with Gasteiger partial charge in [-0.2, -0.15) is 0 Å². The molecule has 5 rings (SSSR count). The molecule has 0 saturated carbocycles. The van der Waals surface area contributed by atoms with Crippen LogP contribution in [0.5, 0.6) is 0 Å². The Morgan fingerprint density at radius 2 is 1.87 bits per heavy atom. The molecule has 0 bridgehead atoms. The molecule has 0 aromatic heterocycles. The van der Waals surface area contributed by atoms with Crippen molar-refractivity contribution < 1.29 is 19.1 Å². The lowest BCUT2D eigenvalue weighted by molar-refractivity contribution is -0.147. The number of nitrogens with zero attached hydrogens (tertiary/aromatic N) is 3. The van der Waals surface area contributed by atoms with Crippen LogP contribution in [0.15, 0.2) is 62.4 Å². The molecule has 0 spiro atoms. The zero-order valence-corrected chi connectivity index (χ0v) is 24.0. The van der Waals surface area contributed by atoms with Gasteiger partial charge in [0.1, 0.15) is 22.3 Å². The molecular weight excluding hydrogens is 548 g/mol. The lowest BCUT2D eigenvalue weighted by Crippen LogP contribution is -2.46. The maximum atomic E-state index is 14.8. The van der Waals surface area contributed by atoms with Crippen LogP contribution < -0.4 is 0 Å². The fourth-order valence-corrected chi connectivity index (χ4v) is 7.69. The molecule has 6 nitrogen and oxygen atoms in total. The molecule has 1 amide bonds. The highest BCUT2D eigenvalue weighted by Crippen LogP contribution is 2.54. The van der Waals surface area contributed by atoms with Gasteiger partial charge in [-0.3, -0.25) is 4.79 Å². The molecular formula is C28H30Cl2FN3O3S. The van der Waals surface area contributed by atoms with Crippen LogP contribution in [0.3, 0.4) is 0 Å². The van der Waals surface area contributed by atoms with Gasteiger partial charge in [0, 0.05) is 16.8 Å². The van der Waals surface area contributed by atoms with E-state index in [9.17, 15) is 19.1 Å². The van der Waals surface area contributed by atoms with E-state index in [4.69, 9.17) is 28.2 Å². The SMILES string of the molecule is CC(C)C1=C(C(=O)N2[C@H](C)CC[C@H]2C(=O)O)SC2=N[C@@](C)(c3ccc(Cl)cc3)[C@@H](C3=CC(F)=C(Cl)CC3)N21. The van der Waals surface area contributed by atoms with Crippen LogP contribution >= 0.6 is 35.0 Å². The normalized spacial score (nSPS) is 29.3. The Morgan fingerprint density at radius 1 is 1.18 bits per heavy atom. The van der Waals surface area contributed by atoms with Gasteiger partial charge >= 0.3 is 5.97 Å². The van der Waals surface area contributed by atoms with Crippen molar-refractivity contribution in [3.05, 3.63) is 68.0 Å². The molecule has 1 saturated heterocycles. The van der Waals surface area contributed by atoms with E-state index < -0.39 is 29.4 Å². The number of hydrogen-bond acceptors (Lipinski definition) is 5. The van der Waals surface area contributed by atoms with Gasteiger partial charge in [0.15, 0.2) is 5.17 Å². The molecule has 3 aliphatic heterocycles. The molecule has 4 aliphatic rings. The Morgan fingerprint density at radius 3 is 2.47 bits per heavy atom. The summed E-state index contributed by atoms with van der Waals surface area (Å²) in [6, 6.07) is 6.07. The van der Waals surface area contributed by atoms with Crippen molar-refractivity contribution >= 4 is 52.0 Å². The predicted molar refractivity (Wildman–Crippen MR) is 150 cm³/mol. The summed E-state index contributed by atoms with van der Waals surface area (Å²) in [5, 5.41) is 11.2. The summed E-state index contributed by atoms with van der Waals surface area (Å²) in [6.45, 7) is 7.93. The van der Waals surface area contributed by atoms with Crippen LogP contribution in [0.25, 0.3) is 0 Å². The number of rotatable bonds is 5. The third kappa shape index (κ3) is 4.38. The summed E-state index contributed by atoms with van der Waals surface area (Å²) in [7, 11) is 0. The second-order valence-corrected chi connectivity index (χ2v) is 12.6. The average molecular weight is 579 g/mol. The predicted octanol–water partition coefficient (Wildman–Crippen LogP) is 6.81. The van der Waals surface area contributed by atoms with Crippen molar-refractivity contribution in [1.82, 2.24) is 9.80 Å². The number of thioether (sulfide) groups is 1. The molecule has 3 heterocycles. The minimum Gasteiger partial charge on any atom is -0.480 e. The molecule has 1 aromatic rings. The first-order valence-corrected chi connectivity index (χ1v) is 14.4. The zero-order chi connectivity index (χ0) is 27.5.